The van der Waals surface area contributed by atoms with Crippen LogP contribution in [0.2, 0.25) is 0 Å². The average molecular weight is 498 g/mol. The van der Waals surface area contributed by atoms with Crippen LogP contribution in [-0.4, -0.2) is 125 Å². The zero-order valence-electron chi connectivity index (χ0n) is 22.4. The number of carbonyl (C=O) groups excluding carboxylic acids is 2. The Bertz CT molecular complexity index is 698. The highest BCUT2D eigenvalue weighted by atomic mass is 16.6. The third-order valence-corrected chi connectivity index (χ3v) is 7.37. The van der Waals surface area contributed by atoms with E-state index < -0.39 is 6.09 Å². The monoisotopic (exact) mass is 497 g/mol. The van der Waals surface area contributed by atoms with Crippen LogP contribution >= 0.6 is 0 Å². The molecule has 3 saturated heterocycles. The number of alkyl carbamates (subject to hydrolysis) is 2. The number of nitrogens with zero attached hydrogens (tertiary/aromatic N) is 3. The van der Waals surface area contributed by atoms with Crippen molar-refractivity contribution in [2.45, 2.75) is 52.1 Å². The summed E-state index contributed by atoms with van der Waals surface area (Å²) in [5.74, 6) is 0. The van der Waals surface area contributed by atoms with E-state index in [1.807, 2.05) is 19.0 Å². The van der Waals surface area contributed by atoms with Crippen molar-refractivity contribution in [3.8, 4) is 0 Å². The second-order valence-electron chi connectivity index (χ2n) is 11.9. The summed E-state index contributed by atoms with van der Waals surface area (Å²) in [4.78, 5) is 31.7. The zero-order valence-corrected chi connectivity index (χ0v) is 22.4. The molecule has 202 valence electrons. The highest BCUT2D eigenvalue weighted by Crippen LogP contribution is 2.45. The Morgan fingerprint density at radius 1 is 0.971 bits per heavy atom. The van der Waals surface area contributed by atoms with Crippen molar-refractivity contribution < 1.29 is 23.8 Å². The number of amides is 2. The standard InChI is InChI=1S/C25H47N5O5/c1-24(2)14-20(27-23(32)35-17-21-16-29-6-8-30(21)9-7-29)15-25(3,18-24)19-26-22(31)34-13-12-33-11-10-28(4)5/h20-21H,6-19H2,1-5H3,(H,26,31)(H,27,32). The SMILES string of the molecule is CN(C)CCOCCOC(=O)NCC1(C)CC(NC(=O)OCC2CN3CCN2CC3)CC(C)(C)C1. The van der Waals surface area contributed by atoms with Crippen molar-refractivity contribution in [1.29, 1.82) is 0 Å². The van der Waals surface area contributed by atoms with Crippen molar-refractivity contribution in [2.24, 2.45) is 10.8 Å². The third-order valence-electron chi connectivity index (χ3n) is 7.37. The van der Waals surface area contributed by atoms with Crippen LogP contribution in [0, 0.1) is 10.8 Å². The number of likely N-dealkylation sites (N-methyl/N-ethyl adjacent to an activating group) is 1. The molecule has 0 aromatic heterocycles. The number of nitrogens with one attached hydrogen (secondary N) is 2. The molecule has 0 spiro atoms. The van der Waals surface area contributed by atoms with Gasteiger partial charge in [0.1, 0.15) is 13.2 Å². The minimum Gasteiger partial charge on any atom is -0.448 e. The Balaban J connectivity index is 1.37. The Morgan fingerprint density at radius 2 is 1.71 bits per heavy atom. The summed E-state index contributed by atoms with van der Waals surface area (Å²) in [6.07, 6.45) is 1.85. The Hall–Kier alpha value is -1.62. The van der Waals surface area contributed by atoms with Crippen molar-refractivity contribution in [3.63, 3.8) is 0 Å². The van der Waals surface area contributed by atoms with Gasteiger partial charge in [0, 0.05) is 51.9 Å². The predicted molar refractivity (Wildman–Crippen MR) is 135 cm³/mol. The fourth-order valence-corrected chi connectivity index (χ4v) is 6.01. The van der Waals surface area contributed by atoms with Crippen molar-refractivity contribution >= 4 is 12.2 Å². The molecule has 3 unspecified atom stereocenters. The number of hydrogen-bond acceptors (Lipinski definition) is 8. The molecule has 2 bridgehead atoms. The summed E-state index contributed by atoms with van der Waals surface area (Å²) in [6.45, 7) is 14.9. The fraction of sp³-hybridized carbons (Fsp3) is 0.920. The van der Waals surface area contributed by atoms with Gasteiger partial charge in [-0.3, -0.25) is 9.80 Å². The largest absolute Gasteiger partial charge is 0.448 e. The third kappa shape index (κ3) is 9.40. The Labute approximate surface area is 211 Å². The Kier molecular flexibility index (Phi) is 10.0. The van der Waals surface area contributed by atoms with Gasteiger partial charge in [-0.05, 0) is 44.2 Å². The van der Waals surface area contributed by atoms with Crippen LogP contribution in [0.25, 0.3) is 0 Å². The van der Waals surface area contributed by atoms with E-state index in [0.717, 1.165) is 58.5 Å². The first-order chi connectivity index (χ1) is 16.5. The van der Waals surface area contributed by atoms with Gasteiger partial charge >= 0.3 is 12.2 Å². The van der Waals surface area contributed by atoms with Crippen LogP contribution in [0.1, 0.15) is 40.0 Å². The van der Waals surface area contributed by atoms with Crippen LogP contribution in [-0.2, 0) is 14.2 Å². The van der Waals surface area contributed by atoms with Gasteiger partial charge in [0.15, 0.2) is 0 Å². The van der Waals surface area contributed by atoms with Gasteiger partial charge in [0.2, 0.25) is 0 Å². The Morgan fingerprint density at radius 3 is 2.37 bits per heavy atom. The van der Waals surface area contributed by atoms with E-state index in [-0.39, 0.29) is 29.6 Å². The number of hydrogen-bond donors (Lipinski definition) is 2. The first-order valence-electron chi connectivity index (χ1n) is 13.1. The molecule has 1 aliphatic carbocycles. The van der Waals surface area contributed by atoms with E-state index in [1.165, 1.54) is 0 Å². The summed E-state index contributed by atoms with van der Waals surface area (Å²) < 4.78 is 16.3. The molecule has 4 rings (SSSR count). The van der Waals surface area contributed by atoms with E-state index in [9.17, 15) is 9.59 Å². The van der Waals surface area contributed by atoms with Crippen LogP contribution < -0.4 is 10.6 Å². The normalized spacial score (nSPS) is 31.7. The second-order valence-corrected chi connectivity index (χ2v) is 11.9. The number of carbonyl (C=O) groups is 2. The van der Waals surface area contributed by atoms with Crippen LogP contribution in [0.3, 0.4) is 0 Å². The van der Waals surface area contributed by atoms with Gasteiger partial charge in [0.25, 0.3) is 0 Å². The average Bonchev–Trinajstić information content (AvgIpc) is 2.78. The molecule has 2 N–H and O–H groups in total. The summed E-state index contributed by atoms with van der Waals surface area (Å²) >= 11 is 0. The molecule has 0 aromatic rings. The maximum atomic E-state index is 12.6. The van der Waals surface area contributed by atoms with E-state index in [0.29, 0.717) is 32.4 Å². The van der Waals surface area contributed by atoms with Gasteiger partial charge in [-0.1, -0.05) is 20.8 Å². The van der Waals surface area contributed by atoms with Gasteiger partial charge < -0.3 is 29.7 Å². The summed E-state index contributed by atoms with van der Waals surface area (Å²) in [5, 5.41) is 6.02. The zero-order chi connectivity index (χ0) is 25.5. The summed E-state index contributed by atoms with van der Waals surface area (Å²) in [6, 6.07) is 0.302. The molecule has 3 aliphatic heterocycles. The molecule has 1 saturated carbocycles. The first-order valence-corrected chi connectivity index (χ1v) is 13.1. The highest BCUT2D eigenvalue weighted by molar-refractivity contribution is 5.68. The van der Waals surface area contributed by atoms with Gasteiger partial charge in [0.05, 0.1) is 19.3 Å². The first kappa shape index (κ1) is 28.0. The molecule has 0 radical (unpaired) electrons. The van der Waals surface area contributed by atoms with Gasteiger partial charge in [-0.15, -0.1) is 0 Å². The number of ether oxygens (including phenoxy) is 3. The number of fused-ring (bicyclic) bond motifs is 3. The quantitative estimate of drug-likeness (QED) is 0.416. The lowest BCUT2D eigenvalue weighted by Crippen LogP contribution is -2.62. The van der Waals surface area contributed by atoms with E-state index >= 15 is 0 Å². The second kappa shape index (κ2) is 12.6. The maximum Gasteiger partial charge on any atom is 0.407 e. The summed E-state index contributed by atoms with van der Waals surface area (Å²) in [7, 11) is 3.97. The minimum atomic E-state index is -0.428. The van der Waals surface area contributed by atoms with Gasteiger partial charge in [-0.2, -0.15) is 0 Å². The van der Waals surface area contributed by atoms with Crippen molar-refractivity contribution in [1.82, 2.24) is 25.3 Å². The van der Waals surface area contributed by atoms with Crippen LogP contribution in [0.4, 0.5) is 9.59 Å². The van der Waals surface area contributed by atoms with Gasteiger partial charge in [-0.25, -0.2) is 9.59 Å². The molecule has 0 aromatic carbocycles. The number of piperazine rings is 3. The molecule has 35 heavy (non-hydrogen) atoms. The molecular formula is C25H47N5O5. The smallest absolute Gasteiger partial charge is 0.407 e. The van der Waals surface area contributed by atoms with Crippen LogP contribution in [0.15, 0.2) is 0 Å². The molecule has 3 heterocycles. The molecule has 3 atom stereocenters. The molecule has 4 fully saturated rings. The molecule has 10 heteroatoms. The van der Waals surface area contributed by atoms with E-state index in [2.05, 4.69) is 41.2 Å². The van der Waals surface area contributed by atoms with Crippen molar-refractivity contribution in [2.75, 3.05) is 86.3 Å². The predicted octanol–water partition coefficient (Wildman–Crippen LogP) is 1.60. The number of rotatable bonds is 11. The molecule has 4 aliphatic rings. The lowest BCUT2D eigenvalue weighted by atomic mass is 9.62. The topological polar surface area (TPSA) is 95.6 Å². The lowest BCUT2D eigenvalue weighted by Gasteiger charge is -2.47. The molecule has 2 amide bonds. The minimum absolute atomic E-state index is 0.00558. The molecule has 10 nitrogen and oxygen atoms in total. The van der Waals surface area contributed by atoms with Crippen LogP contribution in [0.5, 0.6) is 0 Å². The van der Waals surface area contributed by atoms with E-state index in [1.54, 1.807) is 0 Å². The lowest BCUT2D eigenvalue weighted by molar-refractivity contribution is -0.0160. The van der Waals surface area contributed by atoms with Crippen molar-refractivity contribution in [3.05, 3.63) is 0 Å². The maximum absolute atomic E-state index is 12.6. The highest BCUT2D eigenvalue weighted by Gasteiger charge is 2.42. The fourth-order valence-electron chi connectivity index (χ4n) is 6.01. The summed E-state index contributed by atoms with van der Waals surface area (Å²) in [5.41, 5.74) is -0.110. The van der Waals surface area contributed by atoms with E-state index in [4.69, 9.17) is 14.2 Å². The molecular weight excluding hydrogens is 450 g/mol.